The normalized spacial score (nSPS) is 9.44. The number of aromatic nitrogens is 2. The van der Waals surface area contributed by atoms with Gasteiger partial charge in [-0.3, -0.25) is 4.79 Å². The summed E-state index contributed by atoms with van der Waals surface area (Å²) in [4.78, 5) is 18.9. The van der Waals surface area contributed by atoms with Crippen molar-refractivity contribution in [3.8, 4) is 5.75 Å². The van der Waals surface area contributed by atoms with Gasteiger partial charge in [0.25, 0.3) is 0 Å². The van der Waals surface area contributed by atoms with Gasteiger partial charge in [-0.1, -0.05) is 0 Å². The topological polar surface area (TPSA) is 85.4 Å². The van der Waals surface area contributed by atoms with Crippen molar-refractivity contribution in [3.05, 3.63) is 6.33 Å². The van der Waals surface area contributed by atoms with Crippen molar-refractivity contribution >= 4 is 17.6 Å². The summed E-state index contributed by atoms with van der Waals surface area (Å²) in [6.07, 6.45) is 1.37. The lowest BCUT2D eigenvalue weighted by atomic mass is 10.4. The number of ether oxygens (including phenoxy) is 2. The third kappa shape index (κ3) is 2.72. The van der Waals surface area contributed by atoms with Crippen LogP contribution in [-0.4, -0.2) is 43.7 Å². The number of methoxy groups -OCH3 is 2. The number of hydrogen-bond acceptors (Lipinski definition) is 7. The molecule has 0 bridgehead atoms. The van der Waals surface area contributed by atoms with E-state index in [1.807, 2.05) is 0 Å². The van der Waals surface area contributed by atoms with Crippen LogP contribution in [0.1, 0.15) is 0 Å². The smallest absolute Gasteiger partial charge is 0.325 e. The molecule has 88 valence electrons. The summed E-state index contributed by atoms with van der Waals surface area (Å²) < 4.78 is 9.63. The van der Waals surface area contributed by atoms with Gasteiger partial charge in [0.1, 0.15) is 12.9 Å². The van der Waals surface area contributed by atoms with Crippen molar-refractivity contribution in [3.63, 3.8) is 0 Å². The van der Waals surface area contributed by atoms with E-state index < -0.39 is 0 Å². The summed E-state index contributed by atoms with van der Waals surface area (Å²) in [6.45, 7) is 0.0209. The van der Waals surface area contributed by atoms with Gasteiger partial charge < -0.3 is 20.1 Å². The van der Waals surface area contributed by atoms with Gasteiger partial charge >= 0.3 is 5.97 Å². The molecule has 16 heavy (non-hydrogen) atoms. The molecule has 0 amide bonds. The number of nitrogens with one attached hydrogen (secondary N) is 2. The van der Waals surface area contributed by atoms with Gasteiger partial charge in [0.2, 0.25) is 5.75 Å². The maximum Gasteiger partial charge on any atom is 0.325 e. The maximum atomic E-state index is 11.0. The first-order chi connectivity index (χ1) is 7.72. The highest BCUT2D eigenvalue weighted by Crippen LogP contribution is 2.27. The molecule has 1 rings (SSSR count). The molecule has 0 aliphatic heterocycles. The first kappa shape index (κ1) is 12.0. The summed E-state index contributed by atoms with van der Waals surface area (Å²) in [5, 5.41) is 5.66. The zero-order chi connectivity index (χ0) is 12.0. The standard InChI is InChI=1S/C9H14N4O3/c1-10-8-7(16-3)9(13-5-12-8)11-4-6(14)15-2/h5H,4H2,1-3H3,(H2,10,11,12,13). The molecule has 2 N–H and O–H groups in total. The monoisotopic (exact) mass is 226 g/mol. The van der Waals surface area contributed by atoms with Gasteiger partial charge in [-0.2, -0.15) is 0 Å². The van der Waals surface area contributed by atoms with Crippen molar-refractivity contribution in [1.82, 2.24) is 9.97 Å². The van der Waals surface area contributed by atoms with E-state index >= 15 is 0 Å². The molecule has 0 saturated heterocycles. The Kier molecular flexibility index (Phi) is 4.31. The Balaban J connectivity index is 2.82. The Morgan fingerprint density at radius 1 is 1.38 bits per heavy atom. The van der Waals surface area contributed by atoms with Gasteiger partial charge in [0.05, 0.1) is 14.2 Å². The molecule has 1 heterocycles. The predicted molar refractivity (Wildman–Crippen MR) is 58.6 cm³/mol. The number of esters is 1. The Labute approximate surface area is 93.2 Å². The molecule has 7 heteroatoms. The van der Waals surface area contributed by atoms with E-state index in [0.29, 0.717) is 17.4 Å². The first-order valence-electron chi connectivity index (χ1n) is 4.60. The molecule has 0 saturated carbocycles. The number of nitrogens with zero attached hydrogens (tertiary/aromatic N) is 2. The van der Waals surface area contributed by atoms with E-state index in [0.717, 1.165) is 0 Å². The van der Waals surface area contributed by atoms with Crippen LogP contribution in [0.15, 0.2) is 6.33 Å². The summed E-state index contributed by atoms with van der Waals surface area (Å²) in [5.41, 5.74) is 0. The molecule has 0 aliphatic carbocycles. The van der Waals surface area contributed by atoms with Crippen molar-refractivity contribution in [1.29, 1.82) is 0 Å². The summed E-state index contributed by atoms with van der Waals surface area (Å²) in [7, 11) is 4.54. The molecule has 7 nitrogen and oxygen atoms in total. The van der Waals surface area contributed by atoms with Crippen LogP contribution in [0.25, 0.3) is 0 Å². The van der Waals surface area contributed by atoms with E-state index in [2.05, 4.69) is 25.3 Å². The zero-order valence-corrected chi connectivity index (χ0v) is 9.40. The largest absolute Gasteiger partial charge is 0.490 e. The minimum atomic E-state index is -0.383. The lowest BCUT2D eigenvalue weighted by Gasteiger charge is -2.11. The fourth-order valence-electron chi connectivity index (χ4n) is 1.10. The highest BCUT2D eigenvalue weighted by molar-refractivity contribution is 5.76. The van der Waals surface area contributed by atoms with Crippen molar-refractivity contribution < 1.29 is 14.3 Å². The fraction of sp³-hybridized carbons (Fsp3) is 0.444. The second-order valence-corrected chi connectivity index (χ2v) is 2.78. The summed E-state index contributed by atoms with van der Waals surface area (Å²) in [5.74, 6) is 1.05. The summed E-state index contributed by atoms with van der Waals surface area (Å²) in [6, 6.07) is 0. The SMILES string of the molecule is CNc1ncnc(NCC(=O)OC)c1OC. The fourth-order valence-corrected chi connectivity index (χ4v) is 1.10. The number of rotatable bonds is 5. The number of carbonyl (C=O) groups is 1. The van der Waals surface area contributed by atoms with Gasteiger partial charge in [-0.05, 0) is 0 Å². The number of hydrogen-bond donors (Lipinski definition) is 2. The van der Waals surface area contributed by atoms with Crippen LogP contribution in [-0.2, 0) is 9.53 Å². The highest BCUT2D eigenvalue weighted by Gasteiger charge is 2.11. The van der Waals surface area contributed by atoms with Gasteiger partial charge in [0.15, 0.2) is 11.6 Å². The quantitative estimate of drug-likeness (QED) is 0.689. The summed E-state index contributed by atoms with van der Waals surface area (Å²) >= 11 is 0. The molecular weight excluding hydrogens is 212 g/mol. The van der Waals surface area contributed by atoms with Gasteiger partial charge in [-0.15, -0.1) is 0 Å². The molecule has 0 aromatic carbocycles. The molecule has 0 radical (unpaired) electrons. The van der Waals surface area contributed by atoms with Crippen LogP contribution in [0.3, 0.4) is 0 Å². The Bertz CT molecular complexity index is 370. The van der Waals surface area contributed by atoms with Crippen molar-refractivity contribution in [2.45, 2.75) is 0 Å². The highest BCUT2D eigenvalue weighted by atomic mass is 16.5. The van der Waals surface area contributed by atoms with E-state index in [1.165, 1.54) is 20.5 Å². The van der Waals surface area contributed by atoms with E-state index in [9.17, 15) is 4.79 Å². The molecule has 0 unspecified atom stereocenters. The molecule has 0 aliphatic rings. The molecule has 0 atom stereocenters. The Hall–Kier alpha value is -2.05. The third-order valence-electron chi connectivity index (χ3n) is 1.87. The van der Waals surface area contributed by atoms with Crippen LogP contribution < -0.4 is 15.4 Å². The Morgan fingerprint density at radius 3 is 2.62 bits per heavy atom. The van der Waals surface area contributed by atoms with Crippen LogP contribution in [0.4, 0.5) is 11.6 Å². The molecule has 1 aromatic heterocycles. The number of carbonyl (C=O) groups excluding carboxylic acids is 1. The lowest BCUT2D eigenvalue weighted by molar-refractivity contribution is -0.138. The van der Waals surface area contributed by atoms with Crippen molar-refractivity contribution in [2.75, 3.05) is 38.4 Å². The number of anilines is 2. The third-order valence-corrected chi connectivity index (χ3v) is 1.87. The van der Waals surface area contributed by atoms with Crippen LogP contribution in [0.5, 0.6) is 5.75 Å². The van der Waals surface area contributed by atoms with Crippen molar-refractivity contribution in [2.24, 2.45) is 0 Å². The lowest BCUT2D eigenvalue weighted by Crippen LogP contribution is -2.16. The van der Waals surface area contributed by atoms with Crippen LogP contribution in [0.2, 0.25) is 0 Å². The zero-order valence-electron chi connectivity index (χ0n) is 9.40. The molecule has 0 spiro atoms. The second-order valence-electron chi connectivity index (χ2n) is 2.78. The minimum absolute atomic E-state index is 0.0209. The van der Waals surface area contributed by atoms with E-state index in [-0.39, 0.29) is 12.5 Å². The van der Waals surface area contributed by atoms with Crippen LogP contribution in [0, 0.1) is 0 Å². The Morgan fingerprint density at radius 2 is 2.06 bits per heavy atom. The van der Waals surface area contributed by atoms with E-state index in [1.54, 1.807) is 7.05 Å². The maximum absolute atomic E-state index is 11.0. The van der Waals surface area contributed by atoms with E-state index in [4.69, 9.17) is 4.74 Å². The minimum Gasteiger partial charge on any atom is -0.490 e. The van der Waals surface area contributed by atoms with Gasteiger partial charge in [0, 0.05) is 7.05 Å². The average Bonchev–Trinajstić information content (AvgIpc) is 2.34. The molecule has 0 fully saturated rings. The van der Waals surface area contributed by atoms with Crippen LogP contribution >= 0.6 is 0 Å². The first-order valence-corrected chi connectivity index (χ1v) is 4.60. The molecule has 1 aromatic rings. The predicted octanol–water partition coefficient (Wildman–Crippen LogP) is 0.112. The van der Waals surface area contributed by atoms with Gasteiger partial charge in [-0.25, -0.2) is 9.97 Å². The second kappa shape index (κ2) is 5.74. The molecular formula is C9H14N4O3. The average molecular weight is 226 g/mol.